The fourth-order valence-electron chi connectivity index (χ4n) is 2.58. The third-order valence-electron chi connectivity index (χ3n) is 4.20. The Balaban J connectivity index is 1.98. The lowest BCUT2D eigenvalue weighted by Gasteiger charge is -2.38. The molecular formula is C15H32N2. The van der Waals surface area contributed by atoms with E-state index in [0.29, 0.717) is 5.41 Å². The van der Waals surface area contributed by atoms with Crippen molar-refractivity contribution in [2.45, 2.75) is 58.8 Å². The second-order valence-electron chi connectivity index (χ2n) is 6.20. The summed E-state index contributed by atoms with van der Waals surface area (Å²) in [5.41, 5.74) is 0.552. The van der Waals surface area contributed by atoms with Gasteiger partial charge in [-0.3, -0.25) is 0 Å². The SMILES string of the molecule is CCCCCCCNCC1(C)CCN(C)CC1. The van der Waals surface area contributed by atoms with E-state index in [1.165, 1.54) is 71.1 Å². The molecule has 102 valence electrons. The third-order valence-corrected chi connectivity index (χ3v) is 4.20. The molecule has 0 atom stereocenters. The maximum atomic E-state index is 3.67. The van der Waals surface area contributed by atoms with Crippen molar-refractivity contribution in [3.8, 4) is 0 Å². The second-order valence-corrected chi connectivity index (χ2v) is 6.20. The first-order chi connectivity index (χ1) is 8.16. The van der Waals surface area contributed by atoms with Crippen LogP contribution in [0.5, 0.6) is 0 Å². The van der Waals surface area contributed by atoms with Gasteiger partial charge in [-0.15, -0.1) is 0 Å². The smallest absolute Gasteiger partial charge is 0.000612 e. The Labute approximate surface area is 108 Å². The summed E-state index contributed by atoms with van der Waals surface area (Å²) >= 11 is 0. The van der Waals surface area contributed by atoms with Crippen LogP contribution >= 0.6 is 0 Å². The average Bonchev–Trinajstić information content (AvgIpc) is 2.32. The van der Waals surface area contributed by atoms with Gasteiger partial charge in [-0.05, 0) is 51.4 Å². The fraction of sp³-hybridized carbons (Fsp3) is 1.00. The molecule has 0 bridgehead atoms. The number of unbranched alkanes of at least 4 members (excludes halogenated alkanes) is 4. The number of hydrogen-bond donors (Lipinski definition) is 1. The van der Waals surface area contributed by atoms with Gasteiger partial charge >= 0.3 is 0 Å². The Morgan fingerprint density at radius 1 is 1.06 bits per heavy atom. The minimum Gasteiger partial charge on any atom is -0.316 e. The first kappa shape index (κ1) is 15.0. The molecule has 1 rings (SSSR count). The molecule has 1 aliphatic rings. The van der Waals surface area contributed by atoms with Crippen molar-refractivity contribution < 1.29 is 0 Å². The van der Waals surface area contributed by atoms with Crippen LogP contribution in [-0.4, -0.2) is 38.1 Å². The molecule has 0 saturated carbocycles. The highest BCUT2D eigenvalue weighted by Gasteiger charge is 2.27. The van der Waals surface area contributed by atoms with Gasteiger partial charge in [-0.2, -0.15) is 0 Å². The molecule has 0 aliphatic carbocycles. The highest BCUT2D eigenvalue weighted by molar-refractivity contribution is 4.83. The molecule has 1 aliphatic heterocycles. The number of nitrogens with one attached hydrogen (secondary N) is 1. The van der Waals surface area contributed by atoms with E-state index in [4.69, 9.17) is 0 Å². The van der Waals surface area contributed by atoms with E-state index in [-0.39, 0.29) is 0 Å². The number of likely N-dealkylation sites (tertiary alicyclic amines) is 1. The zero-order chi connectivity index (χ0) is 12.6. The maximum absolute atomic E-state index is 3.67. The topological polar surface area (TPSA) is 15.3 Å². The molecular weight excluding hydrogens is 208 g/mol. The summed E-state index contributed by atoms with van der Waals surface area (Å²) in [6.45, 7) is 9.70. The molecule has 1 N–H and O–H groups in total. The molecule has 0 spiro atoms. The van der Waals surface area contributed by atoms with Gasteiger partial charge in [0.05, 0.1) is 0 Å². The van der Waals surface area contributed by atoms with Crippen molar-refractivity contribution in [3.05, 3.63) is 0 Å². The van der Waals surface area contributed by atoms with Crippen LogP contribution < -0.4 is 5.32 Å². The van der Waals surface area contributed by atoms with Gasteiger partial charge in [0.1, 0.15) is 0 Å². The van der Waals surface area contributed by atoms with Crippen molar-refractivity contribution in [2.24, 2.45) is 5.41 Å². The minimum absolute atomic E-state index is 0.552. The predicted molar refractivity (Wildman–Crippen MR) is 76.5 cm³/mol. The molecule has 0 aromatic rings. The molecule has 0 aromatic heterocycles. The molecule has 1 heterocycles. The summed E-state index contributed by atoms with van der Waals surface area (Å²) in [7, 11) is 2.24. The molecule has 0 unspecified atom stereocenters. The standard InChI is InChI=1S/C15H32N2/c1-4-5-6-7-8-11-16-14-15(2)9-12-17(3)13-10-15/h16H,4-14H2,1-3H3. The van der Waals surface area contributed by atoms with Crippen LogP contribution in [0.2, 0.25) is 0 Å². The summed E-state index contributed by atoms with van der Waals surface area (Å²) in [6, 6.07) is 0. The first-order valence-corrected chi connectivity index (χ1v) is 7.55. The highest BCUT2D eigenvalue weighted by atomic mass is 15.1. The Bertz CT molecular complexity index is 183. The van der Waals surface area contributed by atoms with Crippen molar-refractivity contribution in [2.75, 3.05) is 33.2 Å². The largest absolute Gasteiger partial charge is 0.316 e. The summed E-state index contributed by atoms with van der Waals surface area (Å²) in [4.78, 5) is 2.45. The van der Waals surface area contributed by atoms with Crippen LogP contribution in [0.4, 0.5) is 0 Å². The number of rotatable bonds is 8. The van der Waals surface area contributed by atoms with Gasteiger partial charge in [0.25, 0.3) is 0 Å². The predicted octanol–water partition coefficient (Wildman–Crippen LogP) is 3.28. The van der Waals surface area contributed by atoms with Gasteiger partial charge in [0.2, 0.25) is 0 Å². The van der Waals surface area contributed by atoms with E-state index >= 15 is 0 Å². The minimum atomic E-state index is 0.552. The molecule has 1 saturated heterocycles. The van der Waals surface area contributed by atoms with Gasteiger partial charge < -0.3 is 10.2 Å². The van der Waals surface area contributed by atoms with Gasteiger partial charge in [0, 0.05) is 6.54 Å². The Kier molecular flexibility index (Phi) is 7.14. The summed E-state index contributed by atoms with van der Waals surface area (Å²) in [6.07, 6.45) is 9.64. The summed E-state index contributed by atoms with van der Waals surface area (Å²) in [5.74, 6) is 0. The summed E-state index contributed by atoms with van der Waals surface area (Å²) < 4.78 is 0. The van der Waals surface area contributed by atoms with E-state index < -0.39 is 0 Å². The monoisotopic (exact) mass is 240 g/mol. The lowest BCUT2D eigenvalue weighted by Crippen LogP contribution is -2.42. The van der Waals surface area contributed by atoms with E-state index in [1.54, 1.807) is 0 Å². The highest BCUT2D eigenvalue weighted by Crippen LogP contribution is 2.29. The Morgan fingerprint density at radius 3 is 2.35 bits per heavy atom. The zero-order valence-electron chi connectivity index (χ0n) is 12.2. The summed E-state index contributed by atoms with van der Waals surface area (Å²) in [5, 5.41) is 3.67. The van der Waals surface area contributed by atoms with Crippen LogP contribution in [0, 0.1) is 5.41 Å². The van der Waals surface area contributed by atoms with E-state index in [9.17, 15) is 0 Å². The number of piperidine rings is 1. The number of hydrogen-bond acceptors (Lipinski definition) is 2. The lowest BCUT2D eigenvalue weighted by molar-refractivity contribution is 0.137. The first-order valence-electron chi connectivity index (χ1n) is 7.55. The molecule has 2 heteroatoms. The molecule has 17 heavy (non-hydrogen) atoms. The van der Waals surface area contributed by atoms with E-state index in [2.05, 4.69) is 31.1 Å². The normalized spacial score (nSPS) is 20.6. The van der Waals surface area contributed by atoms with Crippen LogP contribution in [0.1, 0.15) is 58.8 Å². The van der Waals surface area contributed by atoms with Gasteiger partial charge in [-0.25, -0.2) is 0 Å². The fourth-order valence-corrected chi connectivity index (χ4v) is 2.58. The molecule has 0 radical (unpaired) electrons. The molecule has 1 fully saturated rings. The van der Waals surface area contributed by atoms with Crippen molar-refractivity contribution >= 4 is 0 Å². The lowest BCUT2D eigenvalue weighted by atomic mass is 9.80. The average molecular weight is 240 g/mol. The Morgan fingerprint density at radius 2 is 1.71 bits per heavy atom. The van der Waals surface area contributed by atoms with Crippen LogP contribution in [0.25, 0.3) is 0 Å². The number of nitrogens with zero attached hydrogens (tertiary/aromatic N) is 1. The molecule has 0 amide bonds. The van der Waals surface area contributed by atoms with Crippen LogP contribution in [0.15, 0.2) is 0 Å². The van der Waals surface area contributed by atoms with Gasteiger partial charge in [0.15, 0.2) is 0 Å². The Hall–Kier alpha value is -0.0800. The zero-order valence-corrected chi connectivity index (χ0v) is 12.2. The third kappa shape index (κ3) is 6.42. The molecule has 2 nitrogen and oxygen atoms in total. The quantitative estimate of drug-likeness (QED) is 0.655. The van der Waals surface area contributed by atoms with Crippen molar-refractivity contribution in [1.82, 2.24) is 10.2 Å². The van der Waals surface area contributed by atoms with E-state index in [0.717, 1.165) is 0 Å². The van der Waals surface area contributed by atoms with Crippen LogP contribution in [-0.2, 0) is 0 Å². The molecule has 0 aromatic carbocycles. The maximum Gasteiger partial charge on any atom is 0.000612 e. The second kappa shape index (κ2) is 8.10. The van der Waals surface area contributed by atoms with Gasteiger partial charge in [-0.1, -0.05) is 39.5 Å². The van der Waals surface area contributed by atoms with Crippen molar-refractivity contribution in [1.29, 1.82) is 0 Å². The van der Waals surface area contributed by atoms with Crippen LogP contribution in [0.3, 0.4) is 0 Å². The van der Waals surface area contributed by atoms with Crippen molar-refractivity contribution in [3.63, 3.8) is 0 Å². The van der Waals surface area contributed by atoms with E-state index in [1.807, 2.05) is 0 Å².